The first kappa shape index (κ1) is 16.4. The van der Waals surface area contributed by atoms with Crippen LogP contribution < -0.4 is 14.3 Å². The van der Waals surface area contributed by atoms with E-state index in [2.05, 4.69) is 4.99 Å². The van der Waals surface area contributed by atoms with E-state index in [0.717, 1.165) is 4.70 Å². The number of esters is 1. The van der Waals surface area contributed by atoms with E-state index >= 15 is 0 Å². The smallest absolute Gasteiger partial charge is 0.326 e. The molecule has 1 aliphatic heterocycles. The number of carbonyl (C=O) groups excluding carboxylic acids is 2. The second-order valence-electron chi connectivity index (χ2n) is 5.34. The van der Waals surface area contributed by atoms with Gasteiger partial charge in [-0.2, -0.15) is 4.99 Å². The topological polar surface area (TPSA) is 92.3 Å². The molecule has 0 aliphatic carbocycles. The van der Waals surface area contributed by atoms with Crippen LogP contribution in [0.2, 0.25) is 0 Å². The molecule has 134 valence electrons. The zero-order chi connectivity index (χ0) is 18.1. The summed E-state index contributed by atoms with van der Waals surface area (Å²) < 4.78 is 23.3. The summed E-state index contributed by atoms with van der Waals surface area (Å²) in [5, 5.41) is 0. The van der Waals surface area contributed by atoms with Crippen LogP contribution in [0.3, 0.4) is 0 Å². The first-order valence-corrected chi connectivity index (χ1v) is 8.68. The molecule has 0 bridgehead atoms. The van der Waals surface area contributed by atoms with Gasteiger partial charge in [0.25, 0.3) is 0 Å². The van der Waals surface area contributed by atoms with Crippen LogP contribution in [0.1, 0.15) is 17.5 Å². The number of amides is 1. The van der Waals surface area contributed by atoms with E-state index in [0.29, 0.717) is 21.8 Å². The molecule has 0 fully saturated rings. The molecule has 0 N–H and O–H groups in total. The maximum absolute atomic E-state index is 12.3. The van der Waals surface area contributed by atoms with Crippen molar-refractivity contribution in [1.82, 2.24) is 4.57 Å². The third-order valence-corrected chi connectivity index (χ3v) is 4.74. The van der Waals surface area contributed by atoms with E-state index in [1.54, 1.807) is 29.7 Å². The lowest BCUT2D eigenvalue weighted by Gasteiger charge is -2.05. The van der Waals surface area contributed by atoms with Crippen molar-refractivity contribution < 1.29 is 28.2 Å². The van der Waals surface area contributed by atoms with Crippen molar-refractivity contribution in [3.8, 4) is 11.5 Å². The number of ether oxygens (including phenoxy) is 3. The first-order valence-electron chi connectivity index (χ1n) is 7.87. The van der Waals surface area contributed by atoms with Crippen LogP contribution >= 0.6 is 11.3 Å². The summed E-state index contributed by atoms with van der Waals surface area (Å²) in [6.07, 6.45) is 1.40. The van der Waals surface area contributed by atoms with Crippen molar-refractivity contribution in [3.05, 3.63) is 41.1 Å². The van der Waals surface area contributed by atoms with Gasteiger partial charge >= 0.3 is 11.9 Å². The zero-order valence-corrected chi connectivity index (χ0v) is 14.6. The number of nitrogens with zero attached hydrogens (tertiary/aromatic N) is 2. The quantitative estimate of drug-likeness (QED) is 0.651. The predicted molar refractivity (Wildman–Crippen MR) is 91.2 cm³/mol. The minimum Gasteiger partial charge on any atom is -0.465 e. The Bertz CT molecular complexity index is 1050. The molecule has 0 atom stereocenters. The van der Waals surface area contributed by atoms with Gasteiger partial charge in [0.05, 0.1) is 23.1 Å². The van der Waals surface area contributed by atoms with Gasteiger partial charge in [0.15, 0.2) is 22.1 Å². The number of fused-ring (bicyclic) bond motifs is 2. The minimum atomic E-state index is -0.529. The second kappa shape index (κ2) is 6.68. The molecule has 9 heteroatoms. The number of carbonyl (C=O) groups is 2. The summed E-state index contributed by atoms with van der Waals surface area (Å²) >= 11 is 1.27. The average molecular weight is 374 g/mol. The molecule has 1 aliphatic rings. The third-order valence-electron chi connectivity index (χ3n) is 3.70. The van der Waals surface area contributed by atoms with Gasteiger partial charge in [0.1, 0.15) is 6.54 Å². The second-order valence-corrected chi connectivity index (χ2v) is 6.35. The highest BCUT2D eigenvalue weighted by molar-refractivity contribution is 7.16. The molecule has 4 rings (SSSR count). The molecule has 8 nitrogen and oxygen atoms in total. The van der Waals surface area contributed by atoms with Crippen LogP contribution in [-0.2, 0) is 16.1 Å². The molecule has 3 aromatic rings. The Morgan fingerprint density at radius 3 is 2.85 bits per heavy atom. The van der Waals surface area contributed by atoms with E-state index in [9.17, 15) is 9.59 Å². The lowest BCUT2D eigenvalue weighted by Crippen LogP contribution is -2.23. The van der Waals surface area contributed by atoms with Gasteiger partial charge in [-0.1, -0.05) is 11.3 Å². The molecule has 3 heterocycles. The van der Waals surface area contributed by atoms with E-state index in [-0.39, 0.29) is 25.7 Å². The van der Waals surface area contributed by atoms with Crippen LogP contribution in [0.15, 0.2) is 39.9 Å². The van der Waals surface area contributed by atoms with Crippen LogP contribution in [0.4, 0.5) is 0 Å². The summed E-state index contributed by atoms with van der Waals surface area (Å²) in [6.45, 7) is 2.08. The highest BCUT2D eigenvalue weighted by atomic mass is 32.1. The standard InChI is InChI=1S/C17H14N2O6S/c1-2-22-15(20)8-19-10-6-12-13(25-9-24-12)7-14(10)26-17(19)18-16(21)11-4-3-5-23-11/h3-7H,2,8-9H2,1H3. The van der Waals surface area contributed by atoms with E-state index in [1.165, 1.54) is 23.7 Å². The van der Waals surface area contributed by atoms with Gasteiger partial charge in [0, 0.05) is 12.1 Å². The lowest BCUT2D eigenvalue weighted by molar-refractivity contribution is -0.143. The van der Waals surface area contributed by atoms with Gasteiger partial charge in [0.2, 0.25) is 6.79 Å². The molecule has 2 aromatic heterocycles. The summed E-state index contributed by atoms with van der Waals surface area (Å²) in [5.74, 6) is 0.373. The highest BCUT2D eigenvalue weighted by Gasteiger charge is 2.19. The minimum absolute atomic E-state index is 0.0717. The Hall–Kier alpha value is -3.07. The monoisotopic (exact) mass is 374 g/mol. The molecular weight excluding hydrogens is 360 g/mol. The summed E-state index contributed by atoms with van der Waals surface area (Å²) in [4.78, 5) is 28.8. The number of hydrogen-bond acceptors (Lipinski definition) is 7. The van der Waals surface area contributed by atoms with E-state index in [4.69, 9.17) is 18.6 Å². The molecule has 1 amide bonds. The van der Waals surface area contributed by atoms with E-state index in [1.807, 2.05) is 0 Å². The summed E-state index contributed by atoms with van der Waals surface area (Å²) in [6, 6.07) is 6.72. The molecule has 0 saturated carbocycles. The number of furan rings is 1. The molecular formula is C17H14N2O6S. The molecule has 0 spiro atoms. The van der Waals surface area contributed by atoms with Crippen molar-refractivity contribution in [2.24, 2.45) is 4.99 Å². The normalized spacial score (nSPS) is 13.3. The molecule has 1 aromatic carbocycles. The fourth-order valence-corrected chi connectivity index (χ4v) is 3.61. The zero-order valence-electron chi connectivity index (χ0n) is 13.8. The largest absolute Gasteiger partial charge is 0.465 e. The average Bonchev–Trinajstić information content (AvgIpc) is 3.34. The van der Waals surface area contributed by atoms with Crippen LogP contribution in [-0.4, -0.2) is 29.8 Å². The number of aromatic nitrogens is 1. The third kappa shape index (κ3) is 2.97. The van der Waals surface area contributed by atoms with Gasteiger partial charge in [-0.15, -0.1) is 0 Å². The SMILES string of the molecule is CCOC(=O)Cn1c(=NC(=O)c2ccco2)sc2cc3c(cc21)OCO3. The Morgan fingerprint density at radius 1 is 1.31 bits per heavy atom. The fourth-order valence-electron chi connectivity index (χ4n) is 2.58. The van der Waals surface area contributed by atoms with Crippen molar-refractivity contribution in [1.29, 1.82) is 0 Å². The van der Waals surface area contributed by atoms with Gasteiger partial charge < -0.3 is 23.2 Å². The maximum atomic E-state index is 12.3. The number of thiazole rings is 1. The van der Waals surface area contributed by atoms with Crippen molar-refractivity contribution in [3.63, 3.8) is 0 Å². The molecule has 0 unspecified atom stereocenters. The van der Waals surface area contributed by atoms with Crippen LogP contribution in [0.25, 0.3) is 10.2 Å². The van der Waals surface area contributed by atoms with Crippen molar-refractivity contribution >= 4 is 33.4 Å². The number of benzene rings is 1. The van der Waals surface area contributed by atoms with Crippen molar-refractivity contribution in [2.45, 2.75) is 13.5 Å². The summed E-state index contributed by atoms with van der Waals surface area (Å²) in [7, 11) is 0. The van der Waals surface area contributed by atoms with Crippen LogP contribution in [0, 0.1) is 0 Å². The Labute approximate surface area is 151 Å². The Morgan fingerprint density at radius 2 is 2.12 bits per heavy atom. The Kier molecular flexibility index (Phi) is 4.21. The maximum Gasteiger partial charge on any atom is 0.326 e. The predicted octanol–water partition coefficient (Wildman–Crippen LogP) is 2.33. The summed E-state index contributed by atoms with van der Waals surface area (Å²) in [5.41, 5.74) is 0.707. The first-order chi connectivity index (χ1) is 12.7. The molecule has 0 saturated heterocycles. The lowest BCUT2D eigenvalue weighted by atomic mass is 10.3. The highest BCUT2D eigenvalue weighted by Crippen LogP contribution is 2.37. The molecule has 26 heavy (non-hydrogen) atoms. The Balaban J connectivity index is 1.85. The number of hydrogen-bond donors (Lipinski definition) is 0. The van der Waals surface area contributed by atoms with Crippen LogP contribution in [0.5, 0.6) is 11.5 Å². The van der Waals surface area contributed by atoms with Gasteiger partial charge in [-0.25, -0.2) is 0 Å². The van der Waals surface area contributed by atoms with Crippen molar-refractivity contribution in [2.75, 3.05) is 13.4 Å². The van der Waals surface area contributed by atoms with Gasteiger partial charge in [-0.3, -0.25) is 9.59 Å². The molecule has 0 radical (unpaired) electrons. The number of rotatable bonds is 4. The van der Waals surface area contributed by atoms with E-state index < -0.39 is 11.9 Å². The van der Waals surface area contributed by atoms with Gasteiger partial charge in [-0.05, 0) is 19.1 Å². The fraction of sp³-hybridized carbons (Fsp3) is 0.235.